The molecule has 2 heterocycles. The van der Waals surface area contributed by atoms with E-state index >= 15 is 0 Å². The van der Waals surface area contributed by atoms with Crippen LogP contribution in [0.4, 0.5) is 5.82 Å². The lowest BCUT2D eigenvalue weighted by Gasteiger charge is -2.26. The third-order valence-electron chi connectivity index (χ3n) is 2.94. The molecule has 15 heavy (non-hydrogen) atoms. The minimum absolute atomic E-state index is 0.574. The van der Waals surface area contributed by atoms with Crippen molar-refractivity contribution < 1.29 is 0 Å². The van der Waals surface area contributed by atoms with Gasteiger partial charge in [-0.25, -0.2) is 4.98 Å². The first-order valence-corrected chi connectivity index (χ1v) is 5.52. The molecule has 0 amide bonds. The molecule has 1 unspecified atom stereocenters. The molecule has 0 spiro atoms. The maximum absolute atomic E-state index is 4.43. The maximum Gasteiger partial charge on any atom is 0.150 e. The van der Waals surface area contributed by atoms with Gasteiger partial charge in [-0.15, -0.1) is 0 Å². The predicted molar refractivity (Wildman–Crippen MR) is 61.1 cm³/mol. The van der Waals surface area contributed by atoms with E-state index in [4.69, 9.17) is 0 Å². The first-order valence-electron chi connectivity index (χ1n) is 5.52. The van der Waals surface area contributed by atoms with Crippen LogP contribution in [0.3, 0.4) is 0 Å². The van der Waals surface area contributed by atoms with E-state index in [0.717, 1.165) is 24.6 Å². The molecule has 1 N–H and O–H groups in total. The van der Waals surface area contributed by atoms with Crippen LogP contribution < -0.4 is 10.2 Å². The van der Waals surface area contributed by atoms with Crippen molar-refractivity contribution in [1.29, 1.82) is 0 Å². The van der Waals surface area contributed by atoms with Gasteiger partial charge in [-0.3, -0.25) is 4.98 Å². The number of anilines is 1. The Balaban J connectivity index is 2.19. The van der Waals surface area contributed by atoms with E-state index in [1.165, 1.54) is 12.8 Å². The summed E-state index contributed by atoms with van der Waals surface area (Å²) in [7, 11) is 2.00. The summed E-state index contributed by atoms with van der Waals surface area (Å²) in [6.07, 6.45) is 6.03. The molecular formula is C11H18N4. The number of nitrogens with one attached hydrogen (secondary N) is 1. The van der Waals surface area contributed by atoms with Crippen LogP contribution in [0.1, 0.15) is 18.5 Å². The second-order valence-electron chi connectivity index (χ2n) is 4.01. The van der Waals surface area contributed by atoms with Crippen LogP contribution in [0.25, 0.3) is 0 Å². The molecule has 1 aromatic rings. The van der Waals surface area contributed by atoms with E-state index in [-0.39, 0.29) is 0 Å². The first kappa shape index (κ1) is 10.4. The molecule has 0 aromatic carbocycles. The van der Waals surface area contributed by atoms with Gasteiger partial charge in [-0.05, 0) is 26.8 Å². The van der Waals surface area contributed by atoms with Crippen molar-refractivity contribution in [1.82, 2.24) is 15.3 Å². The summed E-state index contributed by atoms with van der Waals surface area (Å²) in [5.41, 5.74) is 1.03. The van der Waals surface area contributed by atoms with Gasteiger partial charge in [0, 0.05) is 31.5 Å². The third-order valence-corrected chi connectivity index (χ3v) is 2.94. The minimum Gasteiger partial charge on any atom is -0.351 e. The average molecular weight is 206 g/mol. The minimum atomic E-state index is 0.574. The van der Waals surface area contributed by atoms with Crippen molar-refractivity contribution >= 4 is 5.82 Å². The third kappa shape index (κ3) is 2.09. The van der Waals surface area contributed by atoms with Gasteiger partial charge in [0.05, 0.1) is 5.69 Å². The molecule has 1 aliphatic rings. The number of hydrogen-bond donors (Lipinski definition) is 1. The zero-order valence-corrected chi connectivity index (χ0v) is 9.40. The van der Waals surface area contributed by atoms with Crippen molar-refractivity contribution in [3.63, 3.8) is 0 Å². The highest BCUT2D eigenvalue weighted by molar-refractivity contribution is 5.44. The molecule has 2 rings (SSSR count). The molecule has 0 radical (unpaired) electrons. The Hall–Kier alpha value is -1.16. The molecule has 4 nitrogen and oxygen atoms in total. The number of nitrogens with zero attached hydrogens (tertiary/aromatic N) is 3. The Morgan fingerprint density at radius 2 is 2.27 bits per heavy atom. The Bertz CT molecular complexity index is 326. The smallest absolute Gasteiger partial charge is 0.150 e. The lowest BCUT2D eigenvalue weighted by atomic mass is 10.2. The van der Waals surface area contributed by atoms with Crippen molar-refractivity contribution in [2.45, 2.75) is 25.8 Å². The van der Waals surface area contributed by atoms with E-state index in [1.54, 1.807) is 12.4 Å². The molecule has 1 aliphatic heterocycles. The van der Waals surface area contributed by atoms with Gasteiger partial charge in [-0.1, -0.05) is 0 Å². The quantitative estimate of drug-likeness (QED) is 0.800. The molecular weight excluding hydrogens is 188 g/mol. The second-order valence-corrected chi connectivity index (χ2v) is 4.01. The summed E-state index contributed by atoms with van der Waals surface area (Å²) in [5, 5.41) is 3.24. The topological polar surface area (TPSA) is 41.0 Å². The highest BCUT2D eigenvalue weighted by Gasteiger charge is 2.25. The number of aromatic nitrogens is 2. The van der Waals surface area contributed by atoms with Crippen LogP contribution in [-0.4, -0.2) is 36.1 Å². The molecule has 0 aliphatic carbocycles. The summed E-state index contributed by atoms with van der Waals surface area (Å²) >= 11 is 0. The summed E-state index contributed by atoms with van der Waals surface area (Å²) in [6, 6.07) is 0.574. The van der Waals surface area contributed by atoms with Crippen molar-refractivity contribution in [3.05, 3.63) is 18.1 Å². The summed E-state index contributed by atoms with van der Waals surface area (Å²) < 4.78 is 0. The van der Waals surface area contributed by atoms with Crippen molar-refractivity contribution in [3.8, 4) is 0 Å². The highest BCUT2D eigenvalue weighted by Crippen LogP contribution is 2.24. The van der Waals surface area contributed by atoms with Crippen LogP contribution in [0.15, 0.2) is 12.4 Å². The lowest BCUT2D eigenvalue weighted by molar-refractivity contribution is 0.610. The summed E-state index contributed by atoms with van der Waals surface area (Å²) in [5.74, 6) is 1.05. The molecule has 1 saturated heterocycles. The first-order chi connectivity index (χ1) is 7.33. The molecule has 0 bridgehead atoms. The predicted octanol–water partition coefficient (Wildman–Crippen LogP) is 0.973. The monoisotopic (exact) mass is 206 g/mol. The molecule has 82 valence electrons. The number of hydrogen-bond acceptors (Lipinski definition) is 4. The van der Waals surface area contributed by atoms with E-state index in [9.17, 15) is 0 Å². The zero-order chi connectivity index (χ0) is 10.7. The number of aryl methyl sites for hydroxylation is 1. The molecule has 0 saturated carbocycles. The van der Waals surface area contributed by atoms with Crippen LogP contribution in [0, 0.1) is 6.92 Å². The van der Waals surface area contributed by atoms with Crippen LogP contribution in [-0.2, 0) is 0 Å². The van der Waals surface area contributed by atoms with Gasteiger partial charge < -0.3 is 10.2 Å². The Labute approximate surface area is 90.7 Å². The van der Waals surface area contributed by atoms with Crippen LogP contribution in [0.2, 0.25) is 0 Å². The van der Waals surface area contributed by atoms with E-state index < -0.39 is 0 Å². The van der Waals surface area contributed by atoms with Gasteiger partial charge in [0.1, 0.15) is 5.82 Å². The van der Waals surface area contributed by atoms with Gasteiger partial charge in [0.15, 0.2) is 0 Å². The summed E-state index contributed by atoms with van der Waals surface area (Å²) in [6.45, 7) is 4.15. The van der Waals surface area contributed by atoms with E-state index in [1.807, 2.05) is 14.0 Å². The Morgan fingerprint density at radius 1 is 1.47 bits per heavy atom. The fourth-order valence-corrected chi connectivity index (χ4v) is 2.24. The van der Waals surface area contributed by atoms with Gasteiger partial charge in [0.25, 0.3) is 0 Å². The molecule has 1 aromatic heterocycles. The number of likely N-dealkylation sites (N-methyl/N-ethyl adjacent to an activating group) is 1. The normalized spacial score (nSPS) is 20.9. The fraction of sp³-hybridized carbons (Fsp3) is 0.636. The summed E-state index contributed by atoms with van der Waals surface area (Å²) in [4.78, 5) is 11.1. The SMILES string of the molecule is CNCC1CCCN1c1nccnc1C. The molecule has 1 fully saturated rings. The van der Waals surface area contributed by atoms with Gasteiger partial charge >= 0.3 is 0 Å². The Morgan fingerprint density at radius 3 is 3.00 bits per heavy atom. The van der Waals surface area contributed by atoms with Crippen molar-refractivity contribution in [2.75, 3.05) is 25.0 Å². The zero-order valence-electron chi connectivity index (χ0n) is 9.40. The largest absolute Gasteiger partial charge is 0.351 e. The van der Waals surface area contributed by atoms with Crippen molar-refractivity contribution in [2.24, 2.45) is 0 Å². The maximum atomic E-state index is 4.43. The number of rotatable bonds is 3. The standard InChI is InChI=1S/C11H18N4/c1-9-11(14-6-5-13-9)15-7-3-4-10(15)8-12-2/h5-6,10,12H,3-4,7-8H2,1-2H3. The molecule has 1 atom stereocenters. The molecule has 4 heteroatoms. The van der Waals surface area contributed by atoms with Gasteiger partial charge in [-0.2, -0.15) is 0 Å². The van der Waals surface area contributed by atoms with Crippen LogP contribution >= 0.6 is 0 Å². The van der Waals surface area contributed by atoms with E-state index in [2.05, 4.69) is 20.2 Å². The van der Waals surface area contributed by atoms with E-state index in [0.29, 0.717) is 6.04 Å². The lowest BCUT2D eigenvalue weighted by Crippen LogP contribution is -2.37. The average Bonchev–Trinajstić information content (AvgIpc) is 2.67. The fourth-order valence-electron chi connectivity index (χ4n) is 2.24. The second kappa shape index (κ2) is 4.57. The van der Waals surface area contributed by atoms with Crippen LogP contribution in [0.5, 0.6) is 0 Å². The Kier molecular flexibility index (Phi) is 3.16. The van der Waals surface area contributed by atoms with Gasteiger partial charge in [0.2, 0.25) is 0 Å². The highest BCUT2D eigenvalue weighted by atomic mass is 15.2.